The third-order valence-corrected chi connectivity index (χ3v) is 4.72. The number of hydroxylamine groups is 3. The molecule has 0 spiro atoms. The average molecular weight is 449 g/mol. The van der Waals surface area contributed by atoms with Gasteiger partial charge >= 0.3 is 22.4 Å². The minimum atomic E-state index is -4.87. The van der Waals surface area contributed by atoms with Crippen LogP contribution in [0.3, 0.4) is 0 Å². The maximum Gasteiger partial charge on any atom is 0.418 e. The van der Waals surface area contributed by atoms with Gasteiger partial charge in [-0.15, -0.1) is 9.38 Å². The van der Waals surface area contributed by atoms with Gasteiger partial charge in [-0.1, -0.05) is 0 Å². The summed E-state index contributed by atoms with van der Waals surface area (Å²) in [7, 11) is -4.87. The molecule has 16 nitrogen and oxygen atoms in total. The van der Waals surface area contributed by atoms with Crippen LogP contribution < -0.4 is 5.48 Å². The third kappa shape index (κ3) is 4.81. The smallest absolute Gasteiger partial charge is 0.418 e. The summed E-state index contributed by atoms with van der Waals surface area (Å²) in [5, 5.41) is 11.1. The number of urea groups is 1. The van der Waals surface area contributed by atoms with Crippen molar-refractivity contribution in [3.8, 4) is 0 Å². The van der Waals surface area contributed by atoms with Crippen LogP contribution in [0.2, 0.25) is 0 Å². The number of nitrogens with zero attached hydrogens (tertiary/aromatic N) is 6. The maximum atomic E-state index is 12.4. The second kappa shape index (κ2) is 8.86. The van der Waals surface area contributed by atoms with Crippen LogP contribution in [0.5, 0.6) is 0 Å². The van der Waals surface area contributed by atoms with Gasteiger partial charge in [0.1, 0.15) is 6.04 Å². The monoisotopic (exact) mass is 449 g/mol. The highest BCUT2D eigenvalue weighted by Gasteiger charge is 2.49. The van der Waals surface area contributed by atoms with Crippen molar-refractivity contribution in [1.82, 2.24) is 35.7 Å². The van der Waals surface area contributed by atoms with E-state index in [4.69, 9.17) is 14.1 Å². The van der Waals surface area contributed by atoms with E-state index in [1.165, 1.54) is 0 Å². The molecule has 0 radical (unpaired) electrons. The van der Waals surface area contributed by atoms with Crippen molar-refractivity contribution in [2.75, 3.05) is 19.8 Å². The molecule has 2 bridgehead atoms. The summed E-state index contributed by atoms with van der Waals surface area (Å²) in [5.74, 6) is -1.45. The van der Waals surface area contributed by atoms with E-state index in [9.17, 15) is 22.8 Å². The Bertz CT molecular complexity index is 920. The number of esters is 1. The van der Waals surface area contributed by atoms with Gasteiger partial charge in [-0.2, -0.15) is 13.5 Å². The lowest BCUT2D eigenvalue weighted by Crippen LogP contribution is -2.49. The molecule has 17 heteroatoms. The van der Waals surface area contributed by atoms with Crippen LogP contribution >= 0.6 is 0 Å². The molecule has 2 saturated heterocycles. The Hall–Kier alpha value is -2.89. The number of fused-ring (bicyclic) bond motifs is 2. The van der Waals surface area contributed by atoms with Gasteiger partial charge in [0, 0.05) is 6.54 Å². The molecule has 3 heterocycles. The number of amides is 3. The maximum absolute atomic E-state index is 12.4. The van der Waals surface area contributed by atoms with E-state index in [0.717, 1.165) is 9.58 Å². The molecule has 0 unspecified atom stereocenters. The van der Waals surface area contributed by atoms with Gasteiger partial charge in [-0.25, -0.2) is 19.8 Å². The molecule has 30 heavy (non-hydrogen) atoms. The molecule has 166 valence electrons. The number of tetrazole rings is 1. The molecule has 2 N–H and O–H groups in total. The van der Waals surface area contributed by atoms with E-state index in [2.05, 4.69) is 25.3 Å². The van der Waals surface area contributed by atoms with Crippen LogP contribution in [0.1, 0.15) is 30.4 Å². The number of hydrogen-bond donors (Lipinski definition) is 2. The van der Waals surface area contributed by atoms with Crippen LogP contribution in [-0.4, -0.2) is 92.9 Å². The molecule has 3 rings (SSSR count). The largest absolute Gasteiger partial charge is 0.460 e. The van der Waals surface area contributed by atoms with Gasteiger partial charge in [0.25, 0.3) is 11.7 Å². The molecule has 1 aromatic rings. The van der Waals surface area contributed by atoms with Crippen molar-refractivity contribution < 1.29 is 41.2 Å². The lowest BCUT2D eigenvalue weighted by atomic mass is 10.0. The highest BCUT2D eigenvalue weighted by atomic mass is 32.3. The highest BCUT2D eigenvalue weighted by Crippen LogP contribution is 2.30. The van der Waals surface area contributed by atoms with Crippen LogP contribution in [-0.2, 0) is 35.6 Å². The Balaban J connectivity index is 1.49. The quantitative estimate of drug-likeness (QED) is 0.181. The van der Waals surface area contributed by atoms with Crippen molar-refractivity contribution in [1.29, 1.82) is 0 Å². The molecule has 1 aromatic heterocycles. The molecule has 2 atom stereocenters. The van der Waals surface area contributed by atoms with Crippen molar-refractivity contribution in [2.24, 2.45) is 0 Å². The fraction of sp³-hybridized carbons (Fsp3) is 0.692. The molecule has 3 amide bonds. The molecular weight excluding hydrogens is 430 g/mol. The number of piperidine rings is 1. The van der Waals surface area contributed by atoms with Gasteiger partial charge in [0.15, 0.2) is 0 Å². The van der Waals surface area contributed by atoms with Crippen molar-refractivity contribution >= 4 is 28.3 Å². The molecule has 2 fully saturated rings. The van der Waals surface area contributed by atoms with E-state index >= 15 is 0 Å². The summed E-state index contributed by atoms with van der Waals surface area (Å²) < 4.78 is 40.8. The Morgan fingerprint density at radius 2 is 2.10 bits per heavy atom. The number of hydrogen-bond acceptors (Lipinski definition) is 11. The number of carbonyl (C=O) groups excluding carboxylic acids is 3. The second-order valence-corrected chi connectivity index (χ2v) is 7.28. The summed E-state index contributed by atoms with van der Waals surface area (Å²) in [4.78, 5) is 42.5. The SMILES string of the molecule is CCOC(=O)c1nnnn1CCONC(=O)[C@@H]1CC[C@@H]2CN1C(=O)N2OS(=O)(=O)O. The Kier molecular flexibility index (Phi) is 6.44. The Morgan fingerprint density at radius 1 is 1.33 bits per heavy atom. The molecule has 2 aliphatic heterocycles. The predicted molar refractivity (Wildman–Crippen MR) is 91.3 cm³/mol. The van der Waals surface area contributed by atoms with Gasteiger partial charge in [0.2, 0.25) is 0 Å². The van der Waals surface area contributed by atoms with E-state index in [0.29, 0.717) is 5.06 Å². The van der Waals surface area contributed by atoms with Gasteiger partial charge in [-0.05, 0) is 30.2 Å². The summed E-state index contributed by atoms with van der Waals surface area (Å²) >= 11 is 0. The lowest BCUT2D eigenvalue weighted by Gasteiger charge is -2.28. The highest BCUT2D eigenvalue weighted by molar-refractivity contribution is 7.80. The van der Waals surface area contributed by atoms with Crippen LogP contribution in [0, 0.1) is 0 Å². The summed E-state index contributed by atoms with van der Waals surface area (Å²) in [6.45, 7) is 1.79. The molecular formula is C13H19N7O9S. The van der Waals surface area contributed by atoms with E-state index in [-0.39, 0.29) is 45.0 Å². The van der Waals surface area contributed by atoms with Crippen LogP contribution in [0.15, 0.2) is 0 Å². The Labute approximate surface area is 169 Å². The van der Waals surface area contributed by atoms with E-state index in [1.54, 1.807) is 6.92 Å². The fourth-order valence-corrected chi connectivity index (χ4v) is 3.51. The first-order valence-corrected chi connectivity index (χ1v) is 10.2. The number of rotatable bonds is 9. The first-order chi connectivity index (χ1) is 14.2. The molecule has 0 aliphatic carbocycles. The minimum absolute atomic E-state index is 0.0345. The Morgan fingerprint density at radius 3 is 2.80 bits per heavy atom. The molecule has 2 aliphatic rings. The average Bonchev–Trinajstić information content (AvgIpc) is 3.24. The van der Waals surface area contributed by atoms with Gasteiger partial charge < -0.3 is 9.64 Å². The zero-order valence-electron chi connectivity index (χ0n) is 15.7. The van der Waals surface area contributed by atoms with Crippen LogP contribution in [0.4, 0.5) is 4.79 Å². The second-order valence-electron chi connectivity index (χ2n) is 6.27. The van der Waals surface area contributed by atoms with Crippen molar-refractivity contribution in [3.05, 3.63) is 5.82 Å². The summed E-state index contributed by atoms with van der Waals surface area (Å²) in [6, 6.07) is -2.37. The minimum Gasteiger partial charge on any atom is -0.460 e. The van der Waals surface area contributed by atoms with Crippen molar-refractivity contribution in [3.63, 3.8) is 0 Å². The predicted octanol–water partition coefficient (Wildman–Crippen LogP) is -2.10. The summed E-state index contributed by atoms with van der Waals surface area (Å²) in [6.07, 6.45) is 0.514. The first-order valence-electron chi connectivity index (χ1n) is 8.83. The van der Waals surface area contributed by atoms with E-state index < -0.39 is 40.4 Å². The summed E-state index contributed by atoms with van der Waals surface area (Å²) in [5.41, 5.74) is 2.20. The van der Waals surface area contributed by atoms with E-state index in [1.807, 2.05) is 0 Å². The van der Waals surface area contributed by atoms with Gasteiger partial charge in [0.05, 0.1) is 25.8 Å². The van der Waals surface area contributed by atoms with Crippen molar-refractivity contribution in [2.45, 2.75) is 38.4 Å². The third-order valence-electron chi connectivity index (χ3n) is 4.37. The number of aromatic nitrogens is 4. The first kappa shape index (κ1) is 21.8. The number of nitrogens with one attached hydrogen (secondary N) is 1. The number of carbonyl (C=O) groups is 3. The fourth-order valence-electron chi connectivity index (χ4n) is 3.12. The topological polar surface area (TPSA) is 195 Å². The number of ether oxygens (including phenoxy) is 1. The normalized spacial score (nSPS) is 21.1. The van der Waals surface area contributed by atoms with Gasteiger partial charge in [-0.3, -0.25) is 14.2 Å². The standard InChI is InChI=1S/C13H19N7O9S/c1-2-27-12(22)10-14-16-17-19(10)5-6-28-15-11(21)9-4-3-8-7-18(9)13(23)20(8)29-30(24,25)26/h8-9H,2-7H2,1H3,(H,15,21)(H,24,25,26)/t8-,9+/m1/s1. The molecule has 0 aromatic carbocycles. The zero-order valence-corrected chi connectivity index (χ0v) is 16.5. The van der Waals surface area contributed by atoms with Crippen LogP contribution in [0.25, 0.3) is 0 Å². The lowest BCUT2D eigenvalue weighted by molar-refractivity contribution is -0.139. The zero-order chi connectivity index (χ0) is 21.9. The molecule has 0 saturated carbocycles.